The summed E-state index contributed by atoms with van der Waals surface area (Å²) in [6.07, 6.45) is 6.29. The lowest BCUT2D eigenvalue weighted by molar-refractivity contribution is -0.170. The van der Waals surface area contributed by atoms with E-state index in [1.807, 2.05) is 24.0 Å². The minimum Gasteiger partial charge on any atom is -0.356 e. The number of ether oxygens (including phenoxy) is 1. The number of hydrogen-bond acceptors (Lipinski definition) is 5. The highest BCUT2D eigenvalue weighted by Crippen LogP contribution is 2.39. The number of carbonyl (C=O) groups is 2. The molecule has 8 nitrogen and oxygen atoms in total. The number of aryl methyl sites for hydroxylation is 1. The molecule has 0 bridgehead atoms. The first-order valence-corrected chi connectivity index (χ1v) is 9.12. The number of pyridine rings is 1. The maximum Gasteiger partial charge on any atom is 0.254 e. The summed E-state index contributed by atoms with van der Waals surface area (Å²) in [5.41, 5.74) is 1.76. The summed E-state index contributed by atoms with van der Waals surface area (Å²) in [5.74, 6) is 0.475. The Morgan fingerprint density at radius 1 is 1.41 bits per heavy atom. The molecule has 2 atom stereocenters. The Hall–Kier alpha value is -2.74. The highest BCUT2D eigenvalue weighted by molar-refractivity contribution is 5.86. The molecule has 27 heavy (non-hydrogen) atoms. The van der Waals surface area contributed by atoms with E-state index in [0.29, 0.717) is 12.4 Å². The molecule has 142 valence electrons. The summed E-state index contributed by atoms with van der Waals surface area (Å²) < 4.78 is 5.75. The van der Waals surface area contributed by atoms with Gasteiger partial charge in [-0.15, -0.1) is 0 Å². The number of carbonyl (C=O) groups excluding carboxylic acids is 2. The summed E-state index contributed by atoms with van der Waals surface area (Å²) in [4.78, 5) is 40.7. The van der Waals surface area contributed by atoms with E-state index in [-0.39, 0.29) is 24.5 Å². The number of aromatic amines is 1. The van der Waals surface area contributed by atoms with E-state index in [1.165, 1.54) is 0 Å². The molecule has 2 aliphatic rings. The fraction of sp³-hybridized carbons (Fsp3) is 0.474. The predicted molar refractivity (Wildman–Crippen MR) is 96.4 cm³/mol. The first-order chi connectivity index (χ1) is 13.0. The smallest absolute Gasteiger partial charge is 0.254 e. The molecule has 2 aromatic heterocycles. The number of rotatable bonds is 5. The van der Waals surface area contributed by atoms with Crippen molar-refractivity contribution >= 4 is 11.8 Å². The molecule has 1 N–H and O–H groups in total. The topological polar surface area (TPSA) is 91.4 Å². The molecular weight excluding hydrogens is 346 g/mol. The van der Waals surface area contributed by atoms with Crippen LogP contribution in [0.3, 0.4) is 0 Å². The summed E-state index contributed by atoms with van der Waals surface area (Å²) >= 11 is 0. The first-order valence-electron chi connectivity index (χ1n) is 9.12. The van der Waals surface area contributed by atoms with Crippen LogP contribution in [0.5, 0.6) is 0 Å². The van der Waals surface area contributed by atoms with Gasteiger partial charge in [-0.3, -0.25) is 14.6 Å². The Morgan fingerprint density at radius 2 is 2.22 bits per heavy atom. The van der Waals surface area contributed by atoms with E-state index in [4.69, 9.17) is 4.74 Å². The van der Waals surface area contributed by atoms with Crippen LogP contribution < -0.4 is 0 Å². The van der Waals surface area contributed by atoms with Crippen LogP contribution >= 0.6 is 0 Å². The monoisotopic (exact) mass is 369 g/mol. The zero-order valence-corrected chi connectivity index (χ0v) is 15.5. The number of H-pyrrole nitrogens is 1. The standard InChI is InChI=1S/C19H23N5O3/c1-12-8-21-15(22-12)10-23(2)19(26)18-17(13-4-3-7-20-9-13)24(14-5-6-14)16(25)11-27-18/h3-4,7-9,14,17-18H,5-6,10-11H2,1-2H3,(H,21,22). The second-order valence-electron chi connectivity index (χ2n) is 7.20. The maximum absolute atomic E-state index is 13.2. The molecular formula is C19H23N5O3. The normalized spacial score (nSPS) is 22.7. The van der Waals surface area contributed by atoms with Gasteiger partial charge in [-0.25, -0.2) is 4.98 Å². The number of nitrogens with zero attached hydrogens (tertiary/aromatic N) is 4. The molecule has 8 heteroatoms. The Morgan fingerprint density at radius 3 is 2.85 bits per heavy atom. The number of nitrogens with one attached hydrogen (secondary N) is 1. The zero-order chi connectivity index (χ0) is 19.0. The van der Waals surface area contributed by atoms with Gasteiger partial charge >= 0.3 is 0 Å². The van der Waals surface area contributed by atoms with Gasteiger partial charge in [0, 0.05) is 37.4 Å². The second-order valence-corrected chi connectivity index (χ2v) is 7.20. The fourth-order valence-electron chi connectivity index (χ4n) is 3.57. The van der Waals surface area contributed by atoms with E-state index in [0.717, 1.165) is 24.1 Å². The summed E-state index contributed by atoms with van der Waals surface area (Å²) in [7, 11) is 1.72. The summed E-state index contributed by atoms with van der Waals surface area (Å²) in [6, 6.07) is 3.43. The van der Waals surface area contributed by atoms with Gasteiger partial charge in [0.25, 0.3) is 5.91 Å². The molecule has 4 rings (SSSR count). The number of morpholine rings is 1. The van der Waals surface area contributed by atoms with Crippen molar-refractivity contribution in [1.29, 1.82) is 0 Å². The van der Waals surface area contributed by atoms with Gasteiger partial charge < -0.3 is 19.5 Å². The minimum absolute atomic E-state index is 0.0697. The van der Waals surface area contributed by atoms with Crippen LogP contribution in [0, 0.1) is 6.92 Å². The van der Waals surface area contributed by atoms with E-state index in [1.54, 1.807) is 30.5 Å². The van der Waals surface area contributed by atoms with Crippen LogP contribution in [0.15, 0.2) is 30.7 Å². The van der Waals surface area contributed by atoms with E-state index < -0.39 is 12.1 Å². The molecule has 1 saturated carbocycles. The molecule has 2 amide bonds. The van der Waals surface area contributed by atoms with Crippen molar-refractivity contribution in [3.05, 3.63) is 47.8 Å². The maximum atomic E-state index is 13.2. The third-order valence-electron chi connectivity index (χ3n) is 4.99. The van der Waals surface area contributed by atoms with Crippen molar-refractivity contribution < 1.29 is 14.3 Å². The number of imidazole rings is 1. The van der Waals surface area contributed by atoms with Crippen LogP contribution in [0.25, 0.3) is 0 Å². The first kappa shape index (κ1) is 17.7. The minimum atomic E-state index is -0.756. The fourth-order valence-corrected chi connectivity index (χ4v) is 3.57. The van der Waals surface area contributed by atoms with Crippen molar-refractivity contribution in [2.75, 3.05) is 13.7 Å². The van der Waals surface area contributed by atoms with Crippen LogP contribution in [0.4, 0.5) is 0 Å². The molecule has 1 aliphatic heterocycles. The van der Waals surface area contributed by atoms with Crippen molar-refractivity contribution in [2.24, 2.45) is 0 Å². The van der Waals surface area contributed by atoms with Crippen molar-refractivity contribution in [1.82, 2.24) is 24.8 Å². The second kappa shape index (κ2) is 7.11. The lowest BCUT2D eigenvalue weighted by Crippen LogP contribution is -2.55. The van der Waals surface area contributed by atoms with Gasteiger partial charge in [-0.2, -0.15) is 0 Å². The van der Waals surface area contributed by atoms with Crippen LogP contribution in [0.1, 0.15) is 36.0 Å². The predicted octanol–water partition coefficient (Wildman–Crippen LogP) is 1.20. The largest absolute Gasteiger partial charge is 0.356 e. The van der Waals surface area contributed by atoms with Gasteiger partial charge in [-0.1, -0.05) is 6.07 Å². The van der Waals surface area contributed by atoms with Gasteiger partial charge in [0.1, 0.15) is 12.4 Å². The molecule has 1 aliphatic carbocycles. The lowest BCUT2D eigenvalue weighted by atomic mass is 9.98. The van der Waals surface area contributed by atoms with Gasteiger partial charge in [0.05, 0.1) is 12.6 Å². The van der Waals surface area contributed by atoms with Crippen LogP contribution in [0.2, 0.25) is 0 Å². The highest BCUT2D eigenvalue weighted by Gasteiger charge is 2.48. The van der Waals surface area contributed by atoms with Gasteiger partial charge in [0.15, 0.2) is 6.10 Å². The van der Waals surface area contributed by atoms with E-state index in [9.17, 15) is 9.59 Å². The van der Waals surface area contributed by atoms with Crippen LogP contribution in [-0.4, -0.2) is 62.4 Å². The molecule has 2 unspecified atom stereocenters. The third-order valence-corrected chi connectivity index (χ3v) is 4.99. The summed E-state index contributed by atoms with van der Waals surface area (Å²) in [6.45, 7) is 2.20. The molecule has 2 fully saturated rings. The Bertz CT molecular complexity index is 833. The number of aromatic nitrogens is 3. The molecule has 0 aromatic carbocycles. The molecule has 0 radical (unpaired) electrons. The zero-order valence-electron chi connectivity index (χ0n) is 15.5. The molecule has 3 heterocycles. The quantitative estimate of drug-likeness (QED) is 0.855. The highest BCUT2D eigenvalue weighted by atomic mass is 16.5. The van der Waals surface area contributed by atoms with Gasteiger partial charge in [0.2, 0.25) is 5.91 Å². The number of likely N-dealkylation sites (N-methyl/N-ethyl adjacent to an activating group) is 1. The average molecular weight is 369 g/mol. The SMILES string of the molecule is Cc1cnc(CN(C)C(=O)C2OCC(=O)N(C3CC3)C2c2cccnc2)[nH]1. The Balaban J connectivity index is 1.60. The van der Waals surface area contributed by atoms with E-state index >= 15 is 0 Å². The third kappa shape index (κ3) is 3.57. The molecule has 1 saturated heterocycles. The van der Waals surface area contributed by atoms with Crippen molar-refractivity contribution in [2.45, 2.75) is 44.5 Å². The summed E-state index contributed by atoms with van der Waals surface area (Å²) in [5, 5.41) is 0. The number of amides is 2. The van der Waals surface area contributed by atoms with E-state index in [2.05, 4.69) is 15.0 Å². The molecule has 2 aromatic rings. The number of hydrogen-bond donors (Lipinski definition) is 1. The lowest BCUT2D eigenvalue weighted by Gasteiger charge is -2.41. The van der Waals surface area contributed by atoms with Crippen molar-refractivity contribution in [3.8, 4) is 0 Å². The van der Waals surface area contributed by atoms with Crippen molar-refractivity contribution in [3.63, 3.8) is 0 Å². The average Bonchev–Trinajstić information content (AvgIpc) is 3.43. The molecule has 0 spiro atoms. The Labute approximate surface area is 157 Å². The van der Waals surface area contributed by atoms with Crippen LogP contribution in [-0.2, 0) is 20.9 Å². The Kier molecular flexibility index (Phi) is 4.65. The van der Waals surface area contributed by atoms with Gasteiger partial charge in [-0.05, 0) is 31.4 Å².